The zero-order valence-corrected chi connectivity index (χ0v) is 13.5. The molecule has 5 nitrogen and oxygen atoms in total. The number of amides is 3. The number of piperidine rings is 1. The van der Waals surface area contributed by atoms with Gasteiger partial charge in [-0.15, -0.1) is 0 Å². The van der Waals surface area contributed by atoms with Crippen molar-refractivity contribution in [3.05, 3.63) is 35.6 Å². The van der Waals surface area contributed by atoms with Crippen LogP contribution in [0.15, 0.2) is 24.3 Å². The third-order valence-electron chi connectivity index (χ3n) is 3.98. The smallest absolute Gasteiger partial charge is 0.317 e. The highest BCUT2D eigenvalue weighted by Crippen LogP contribution is 2.15. The summed E-state index contributed by atoms with van der Waals surface area (Å²) in [6, 6.07) is 5.83. The van der Waals surface area contributed by atoms with Crippen molar-refractivity contribution in [2.24, 2.45) is 5.92 Å². The standard InChI is InChI=1S/C17H24FN3O2/c1-13-6-4-11-21(12-13)17(23)20-10-5-9-19-16(22)14-7-2-3-8-15(14)18/h2-3,7-8,13H,4-6,9-12H2,1H3,(H,19,22)(H,20,23). The molecular weight excluding hydrogens is 297 g/mol. The average Bonchev–Trinajstić information content (AvgIpc) is 2.54. The molecule has 1 saturated heterocycles. The number of nitrogens with one attached hydrogen (secondary N) is 2. The van der Waals surface area contributed by atoms with E-state index in [1.807, 2.05) is 4.90 Å². The highest BCUT2D eigenvalue weighted by Gasteiger charge is 2.20. The molecule has 1 aromatic carbocycles. The fourth-order valence-electron chi connectivity index (χ4n) is 2.71. The molecule has 126 valence electrons. The van der Waals surface area contributed by atoms with E-state index in [9.17, 15) is 14.0 Å². The number of hydrogen-bond acceptors (Lipinski definition) is 2. The monoisotopic (exact) mass is 321 g/mol. The van der Waals surface area contributed by atoms with Gasteiger partial charge in [0.15, 0.2) is 0 Å². The Kier molecular flexibility index (Phi) is 6.38. The van der Waals surface area contributed by atoms with Crippen molar-refractivity contribution in [1.29, 1.82) is 0 Å². The number of likely N-dealkylation sites (tertiary alicyclic amines) is 1. The number of halogens is 1. The summed E-state index contributed by atoms with van der Waals surface area (Å²) in [4.78, 5) is 25.6. The summed E-state index contributed by atoms with van der Waals surface area (Å²) in [6.45, 7) is 4.64. The molecule has 1 aromatic rings. The van der Waals surface area contributed by atoms with E-state index in [1.165, 1.54) is 18.6 Å². The number of hydrogen-bond donors (Lipinski definition) is 2. The summed E-state index contributed by atoms with van der Waals surface area (Å²) in [5, 5.41) is 5.52. The molecule has 0 bridgehead atoms. The van der Waals surface area contributed by atoms with Crippen LogP contribution in [0.2, 0.25) is 0 Å². The Morgan fingerprint density at radius 2 is 2.00 bits per heavy atom. The first-order chi connectivity index (χ1) is 11.1. The lowest BCUT2D eigenvalue weighted by atomic mass is 10.0. The first kappa shape index (κ1) is 17.2. The van der Waals surface area contributed by atoms with Gasteiger partial charge in [-0.05, 0) is 37.3 Å². The van der Waals surface area contributed by atoms with Crippen LogP contribution in [-0.4, -0.2) is 43.0 Å². The number of urea groups is 1. The molecule has 1 heterocycles. The fraction of sp³-hybridized carbons (Fsp3) is 0.529. The molecule has 1 aliphatic heterocycles. The maximum Gasteiger partial charge on any atom is 0.317 e. The van der Waals surface area contributed by atoms with Crippen LogP contribution in [-0.2, 0) is 0 Å². The minimum atomic E-state index is -0.530. The van der Waals surface area contributed by atoms with Crippen molar-refractivity contribution in [3.8, 4) is 0 Å². The second-order valence-corrected chi connectivity index (χ2v) is 6.01. The van der Waals surface area contributed by atoms with Crippen LogP contribution in [0.5, 0.6) is 0 Å². The summed E-state index contributed by atoms with van der Waals surface area (Å²) in [5.74, 6) is -0.411. The molecule has 3 amide bonds. The molecule has 6 heteroatoms. The average molecular weight is 321 g/mol. The molecule has 1 aliphatic rings. The van der Waals surface area contributed by atoms with Crippen molar-refractivity contribution in [1.82, 2.24) is 15.5 Å². The zero-order valence-electron chi connectivity index (χ0n) is 13.5. The largest absolute Gasteiger partial charge is 0.352 e. The lowest BCUT2D eigenvalue weighted by Crippen LogP contribution is -2.45. The van der Waals surface area contributed by atoms with Crippen LogP contribution in [0.1, 0.15) is 36.5 Å². The highest BCUT2D eigenvalue weighted by molar-refractivity contribution is 5.94. The molecular formula is C17H24FN3O2. The Morgan fingerprint density at radius 1 is 1.26 bits per heavy atom. The van der Waals surface area contributed by atoms with Crippen molar-refractivity contribution < 1.29 is 14.0 Å². The van der Waals surface area contributed by atoms with Crippen molar-refractivity contribution in [2.75, 3.05) is 26.2 Å². The van der Waals surface area contributed by atoms with Gasteiger partial charge in [-0.3, -0.25) is 4.79 Å². The molecule has 0 radical (unpaired) electrons. The predicted molar refractivity (Wildman–Crippen MR) is 86.7 cm³/mol. The van der Waals surface area contributed by atoms with E-state index in [0.717, 1.165) is 19.5 Å². The summed E-state index contributed by atoms with van der Waals surface area (Å²) in [6.07, 6.45) is 2.83. The number of nitrogens with zero attached hydrogens (tertiary/aromatic N) is 1. The predicted octanol–water partition coefficient (Wildman–Crippen LogP) is 2.39. The van der Waals surface area contributed by atoms with E-state index in [-0.39, 0.29) is 11.6 Å². The normalized spacial score (nSPS) is 17.7. The van der Waals surface area contributed by atoms with Crippen LogP contribution in [0, 0.1) is 11.7 Å². The fourth-order valence-corrected chi connectivity index (χ4v) is 2.71. The minimum absolute atomic E-state index is 0.0406. The summed E-state index contributed by atoms with van der Waals surface area (Å²) < 4.78 is 13.4. The van der Waals surface area contributed by atoms with Gasteiger partial charge in [0.05, 0.1) is 5.56 Å². The number of carbonyl (C=O) groups is 2. The first-order valence-electron chi connectivity index (χ1n) is 8.13. The van der Waals surface area contributed by atoms with Gasteiger partial charge >= 0.3 is 6.03 Å². The third kappa shape index (κ3) is 5.23. The maximum atomic E-state index is 13.4. The van der Waals surface area contributed by atoms with Crippen LogP contribution >= 0.6 is 0 Å². The summed E-state index contributed by atoms with van der Waals surface area (Å²) >= 11 is 0. The molecule has 1 atom stereocenters. The van der Waals surface area contributed by atoms with Gasteiger partial charge in [0.1, 0.15) is 5.82 Å². The SMILES string of the molecule is CC1CCCN(C(=O)NCCCNC(=O)c2ccccc2F)C1. The Labute approximate surface area is 136 Å². The van der Waals surface area contributed by atoms with Gasteiger partial charge in [0.2, 0.25) is 0 Å². The highest BCUT2D eigenvalue weighted by atomic mass is 19.1. The van der Waals surface area contributed by atoms with E-state index in [4.69, 9.17) is 0 Å². The Bertz CT molecular complexity index is 550. The molecule has 2 rings (SSSR count). The topological polar surface area (TPSA) is 61.4 Å². The minimum Gasteiger partial charge on any atom is -0.352 e. The van der Waals surface area contributed by atoms with Crippen LogP contribution in [0.3, 0.4) is 0 Å². The lowest BCUT2D eigenvalue weighted by molar-refractivity contribution is 0.0949. The third-order valence-corrected chi connectivity index (χ3v) is 3.98. The van der Waals surface area contributed by atoms with Crippen molar-refractivity contribution in [2.45, 2.75) is 26.2 Å². The maximum absolute atomic E-state index is 13.4. The number of rotatable bonds is 5. The second kappa shape index (κ2) is 8.50. The summed E-state index contributed by atoms with van der Waals surface area (Å²) in [7, 11) is 0. The molecule has 0 saturated carbocycles. The van der Waals surface area contributed by atoms with E-state index in [2.05, 4.69) is 17.6 Å². The Balaban J connectivity index is 1.63. The van der Waals surface area contributed by atoms with E-state index >= 15 is 0 Å². The van der Waals surface area contributed by atoms with Gasteiger partial charge in [-0.2, -0.15) is 0 Å². The van der Waals surface area contributed by atoms with Gasteiger partial charge < -0.3 is 15.5 Å². The van der Waals surface area contributed by atoms with Gasteiger partial charge in [0.25, 0.3) is 5.91 Å². The van der Waals surface area contributed by atoms with E-state index in [1.54, 1.807) is 12.1 Å². The zero-order chi connectivity index (χ0) is 16.7. The molecule has 0 aromatic heterocycles. The van der Waals surface area contributed by atoms with E-state index in [0.29, 0.717) is 25.4 Å². The lowest BCUT2D eigenvalue weighted by Gasteiger charge is -2.30. The summed E-state index contributed by atoms with van der Waals surface area (Å²) in [5.41, 5.74) is 0.0406. The number of benzene rings is 1. The molecule has 23 heavy (non-hydrogen) atoms. The quantitative estimate of drug-likeness (QED) is 0.818. The van der Waals surface area contributed by atoms with Gasteiger partial charge in [-0.1, -0.05) is 19.1 Å². The molecule has 0 spiro atoms. The Morgan fingerprint density at radius 3 is 2.74 bits per heavy atom. The molecule has 1 unspecified atom stereocenters. The van der Waals surface area contributed by atoms with Crippen LogP contribution in [0.4, 0.5) is 9.18 Å². The number of carbonyl (C=O) groups excluding carboxylic acids is 2. The molecule has 2 N–H and O–H groups in total. The van der Waals surface area contributed by atoms with Crippen molar-refractivity contribution >= 4 is 11.9 Å². The van der Waals surface area contributed by atoms with Gasteiger partial charge in [0, 0.05) is 26.2 Å². The second-order valence-electron chi connectivity index (χ2n) is 6.01. The van der Waals surface area contributed by atoms with Crippen molar-refractivity contribution in [3.63, 3.8) is 0 Å². The van der Waals surface area contributed by atoms with Gasteiger partial charge in [-0.25, -0.2) is 9.18 Å². The van der Waals surface area contributed by atoms with E-state index < -0.39 is 11.7 Å². The molecule has 0 aliphatic carbocycles. The Hall–Kier alpha value is -2.11. The first-order valence-corrected chi connectivity index (χ1v) is 8.13. The van der Waals surface area contributed by atoms with Crippen LogP contribution < -0.4 is 10.6 Å². The van der Waals surface area contributed by atoms with Crippen LogP contribution in [0.25, 0.3) is 0 Å². The molecule has 1 fully saturated rings.